The Kier molecular flexibility index (Phi) is 3.11. The van der Waals surface area contributed by atoms with E-state index in [0.717, 1.165) is 10.2 Å². The van der Waals surface area contributed by atoms with Crippen molar-refractivity contribution >= 4 is 43.7 Å². The number of nitrogens with two attached hydrogens (primary N) is 1. The number of aromatic nitrogens is 3. The van der Waals surface area contributed by atoms with Crippen molar-refractivity contribution in [1.29, 1.82) is 5.26 Å². The lowest BCUT2D eigenvalue weighted by atomic mass is 10.1. The van der Waals surface area contributed by atoms with Crippen molar-refractivity contribution in [3.05, 3.63) is 56.8 Å². The number of hydrogen-bond acceptors (Lipinski definition) is 7. The quantitative estimate of drug-likeness (QED) is 0.605. The molecule has 1 unspecified atom stereocenters. The maximum Gasteiger partial charge on any atom is 0.260 e. The van der Waals surface area contributed by atoms with Gasteiger partial charge in [0.25, 0.3) is 5.56 Å². The predicted molar refractivity (Wildman–Crippen MR) is 90.8 cm³/mol. The molecule has 4 aromatic rings. The van der Waals surface area contributed by atoms with E-state index in [-0.39, 0.29) is 11.4 Å². The predicted octanol–water partition coefficient (Wildman–Crippen LogP) is 2.60. The van der Waals surface area contributed by atoms with Gasteiger partial charge in [-0.15, -0.1) is 22.7 Å². The molecule has 112 valence electrons. The van der Waals surface area contributed by atoms with E-state index in [1.54, 1.807) is 5.38 Å². The topological polar surface area (TPSA) is 97.1 Å². The van der Waals surface area contributed by atoms with Gasteiger partial charge in [0.15, 0.2) is 4.96 Å². The third kappa shape index (κ3) is 2.18. The van der Waals surface area contributed by atoms with E-state index in [1.807, 2.05) is 24.3 Å². The third-order valence-electron chi connectivity index (χ3n) is 3.43. The Morgan fingerprint density at radius 1 is 1.30 bits per heavy atom. The zero-order chi connectivity index (χ0) is 16.0. The highest BCUT2D eigenvalue weighted by Gasteiger charge is 2.23. The minimum Gasteiger partial charge on any atom is -0.383 e. The highest BCUT2D eigenvalue weighted by atomic mass is 32.1. The molecule has 3 heterocycles. The summed E-state index contributed by atoms with van der Waals surface area (Å²) < 4.78 is 2.44. The van der Waals surface area contributed by atoms with Gasteiger partial charge in [0.1, 0.15) is 16.7 Å². The molecule has 2 N–H and O–H groups in total. The number of fused-ring (bicyclic) bond motifs is 2. The van der Waals surface area contributed by atoms with Crippen molar-refractivity contribution in [2.24, 2.45) is 0 Å². The highest BCUT2D eigenvalue weighted by molar-refractivity contribution is 7.18. The fourth-order valence-corrected chi connectivity index (χ4v) is 4.37. The summed E-state index contributed by atoms with van der Waals surface area (Å²) in [6.45, 7) is 0. The summed E-state index contributed by atoms with van der Waals surface area (Å²) in [5.41, 5.74) is 6.75. The second-order valence-electron chi connectivity index (χ2n) is 4.88. The van der Waals surface area contributed by atoms with E-state index in [4.69, 9.17) is 5.73 Å². The van der Waals surface area contributed by atoms with Gasteiger partial charge in [-0.05, 0) is 12.1 Å². The number of thiazole rings is 2. The van der Waals surface area contributed by atoms with Crippen LogP contribution in [0.25, 0.3) is 15.2 Å². The fraction of sp³-hybridized carbons (Fsp3) is 0.0667. The molecule has 0 bridgehead atoms. The van der Waals surface area contributed by atoms with Crippen LogP contribution in [0.5, 0.6) is 0 Å². The van der Waals surface area contributed by atoms with Gasteiger partial charge in [0, 0.05) is 11.4 Å². The molecule has 0 aliphatic carbocycles. The molecule has 6 nitrogen and oxygen atoms in total. The molecule has 0 amide bonds. The lowest BCUT2D eigenvalue weighted by Gasteiger charge is -2.05. The molecular formula is C15H9N5OS2. The Bertz CT molecular complexity index is 1100. The molecule has 3 aromatic heterocycles. The summed E-state index contributed by atoms with van der Waals surface area (Å²) in [5, 5.41) is 12.1. The van der Waals surface area contributed by atoms with E-state index < -0.39 is 5.92 Å². The molecule has 4 rings (SSSR count). The van der Waals surface area contributed by atoms with Gasteiger partial charge in [-0.1, -0.05) is 12.1 Å². The number of para-hydroxylation sites is 1. The second kappa shape index (κ2) is 5.15. The smallest absolute Gasteiger partial charge is 0.260 e. The molecule has 0 saturated carbocycles. The molecule has 0 aliphatic rings. The van der Waals surface area contributed by atoms with E-state index in [1.165, 1.54) is 33.1 Å². The monoisotopic (exact) mass is 339 g/mol. The van der Waals surface area contributed by atoms with Crippen molar-refractivity contribution in [2.75, 3.05) is 5.73 Å². The van der Waals surface area contributed by atoms with Gasteiger partial charge >= 0.3 is 0 Å². The first-order valence-electron chi connectivity index (χ1n) is 6.69. The molecule has 0 saturated heterocycles. The summed E-state index contributed by atoms with van der Waals surface area (Å²) in [6, 6.07) is 11.2. The number of nitrogens with zero attached hydrogens (tertiary/aromatic N) is 4. The summed E-state index contributed by atoms with van der Waals surface area (Å²) in [5.74, 6) is -0.443. The number of nitrogen functional groups attached to an aromatic ring is 1. The largest absolute Gasteiger partial charge is 0.383 e. The van der Waals surface area contributed by atoms with Crippen molar-refractivity contribution in [3.8, 4) is 6.07 Å². The van der Waals surface area contributed by atoms with Gasteiger partial charge in [-0.25, -0.2) is 9.97 Å². The Morgan fingerprint density at radius 2 is 2.13 bits per heavy atom. The summed E-state index contributed by atoms with van der Waals surface area (Å²) in [7, 11) is 0. The molecule has 0 fully saturated rings. The SMILES string of the molecule is N#CC(c1nc2ccccc2s1)c1csc2nc(N)cc(=O)n12. The lowest BCUT2D eigenvalue weighted by Crippen LogP contribution is -2.17. The Morgan fingerprint density at radius 3 is 2.91 bits per heavy atom. The van der Waals surface area contributed by atoms with Gasteiger partial charge < -0.3 is 5.73 Å². The van der Waals surface area contributed by atoms with Crippen LogP contribution in [0.15, 0.2) is 40.5 Å². The minimum absolute atomic E-state index is 0.178. The van der Waals surface area contributed by atoms with E-state index in [9.17, 15) is 10.1 Å². The normalized spacial score (nSPS) is 12.5. The molecule has 23 heavy (non-hydrogen) atoms. The van der Waals surface area contributed by atoms with Crippen LogP contribution >= 0.6 is 22.7 Å². The van der Waals surface area contributed by atoms with Crippen LogP contribution in [0.3, 0.4) is 0 Å². The van der Waals surface area contributed by atoms with E-state index >= 15 is 0 Å². The third-order valence-corrected chi connectivity index (χ3v) is 5.38. The number of nitriles is 1. The van der Waals surface area contributed by atoms with Crippen LogP contribution in [-0.4, -0.2) is 14.4 Å². The van der Waals surface area contributed by atoms with Crippen LogP contribution in [0.4, 0.5) is 5.82 Å². The van der Waals surface area contributed by atoms with Crippen LogP contribution in [0, 0.1) is 11.3 Å². The van der Waals surface area contributed by atoms with Gasteiger partial charge in [0.05, 0.1) is 22.0 Å². The first-order chi connectivity index (χ1) is 11.2. The van der Waals surface area contributed by atoms with Crippen LogP contribution in [0.2, 0.25) is 0 Å². The van der Waals surface area contributed by atoms with Gasteiger partial charge in [-0.2, -0.15) is 5.26 Å². The van der Waals surface area contributed by atoms with Crippen LogP contribution in [-0.2, 0) is 0 Å². The summed E-state index contributed by atoms with van der Waals surface area (Å²) >= 11 is 2.74. The lowest BCUT2D eigenvalue weighted by molar-refractivity contribution is 0.901. The molecule has 1 atom stereocenters. The van der Waals surface area contributed by atoms with Crippen molar-refractivity contribution in [1.82, 2.24) is 14.4 Å². The molecule has 0 radical (unpaired) electrons. The maximum absolute atomic E-state index is 12.2. The van der Waals surface area contributed by atoms with Crippen molar-refractivity contribution in [3.63, 3.8) is 0 Å². The number of anilines is 1. The number of benzene rings is 1. The second-order valence-corrected chi connectivity index (χ2v) is 6.78. The molecule has 0 spiro atoms. The highest BCUT2D eigenvalue weighted by Crippen LogP contribution is 2.32. The van der Waals surface area contributed by atoms with E-state index in [2.05, 4.69) is 16.0 Å². The van der Waals surface area contributed by atoms with Crippen LogP contribution < -0.4 is 11.3 Å². The number of hydrogen-bond donors (Lipinski definition) is 1. The minimum atomic E-state index is -0.621. The zero-order valence-corrected chi connectivity index (χ0v) is 13.3. The molecular weight excluding hydrogens is 330 g/mol. The zero-order valence-electron chi connectivity index (χ0n) is 11.6. The van der Waals surface area contributed by atoms with Gasteiger partial charge in [-0.3, -0.25) is 9.20 Å². The van der Waals surface area contributed by atoms with E-state index in [0.29, 0.717) is 15.7 Å². The first kappa shape index (κ1) is 13.9. The van der Waals surface area contributed by atoms with Crippen molar-refractivity contribution in [2.45, 2.75) is 5.92 Å². The summed E-state index contributed by atoms with van der Waals surface area (Å²) in [4.78, 5) is 21.4. The standard InChI is InChI=1S/C15H9N5OS2/c16-6-8(14-18-9-3-1-2-4-11(9)23-14)10-7-22-15-19-12(17)5-13(21)20(10)15/h1-5,7-8H,17H2. The average molecular weight is 339 g/mol. The Balaban J connectivity index is 1.94. The number of rotatable bonds is 2. The summed E-state index contributed by atoms with van der Waals surface area (Å²) in [6.07, 6.45) is 0. The first-order valence-corrected chi connectivity index (χ1v) is 8.39. The molecule has 0 aliphatic heterocycles. The maximum atomic E-state index is 12.2. The van der Waals surface area contributed by atoms with Crippen molar-refractivity contribution < 1.29 is 0 Å². The van der Waals surface area contributed by atoms with Crippen LogP contribution in [0.1, 0.15) is 16.6 Å². The fourth-order valence-electron chi connectivity index (χ4n) is 2.42. The van der Waals surface area contributed by atoms with Gasteiger partial charge in [0.2, 0.25) is 0 Å². The Hall–Kier alpha value is -2.76. The Labute approximate surface area is 138 Å². The molecule has 1 aromatic carbocycles. The molecule has 8 heteroatoms. The average Bonchev–Trinajstić information content (AvgIpc) is 3.12.